The number of carbonyl (C=O) groups excluding carboxylic acids is 1. The molecule has 3 aromatic carbocycles. The molecule has 0 unspecified atom stereocenters. The predicted molar refractivity (Wildman–Crippen MR) is 99.3 cm³/mol. The number of nitrogens with one attached hydrogen (secondary N) is 1. The van der Waals surface area contributed by atoms with Gasteiger partial charge in [-0.1, -0.05) is 24.3 Å². The van der Waals surface area contributed by atoms with Crippen LogP contribution < -0.4 is 10.1 Å². The van der Waals surface area contributed by atoms with Crippen LogP contribution in [-0.4, -0.2) is 13.0 Å². The van der Waals surface area contributed by atoms with Crippen LogP contribution in [0.1, 0.15) is 11.1 Å². The molecule has 0 aromatic heterocycles. The Bertz CT molecular complexity index is 1000. The molecule has 4 nitrogen and oxygen atoms in total. The summed E-state index contributed by atoms with van der Waals surface area (Å²) in [6, 6.07) is 20.7. The number of rotatable bonds is 4. The van der Waals surface area contributed by atoms with E-state index in [-0.39, 0.29) is 5.91 Å². The summed E-state index contributed by atoms with van der Waals surface area (Å²) in [5.74, 6) is 0.569. The van der Waals surface area contributed by atoms with Crippen LogP contribution in [-0.2, 0) is 4.79 Å². The van der Waals surface area contributed by atoms with E-state index in [0.717, 1.165) is 22.1 Å². The molecule has 3 aromatic rings. The first-order valence-electron chi connectivity index (χ1n) is 7.75. The molecular formula is C21H16N2O2. The van der Waals surface area contributed by atoms with E-state index in [0.29, 0.717) is 11.3 Å². The van der Waals surface area contributed by atoms with Gasteiger partial charge >= 0.3 is 0 Å². The van der Waals surface area contributed by atoms with Crippen molar-refractivity contribution in [2.75, 3.05) is 12.4 Å². The summed E-state index contributed by atoms with van der Waals surface area (Å²) in [6.45, 7) is 0. The van der Waals surface area contributed by atoms with Crippen LogP contribution in [0.3, 0.4) is 0 Å². The van der Waals surface area contributed by atoms with Gasteiger partial charge in [-0.3, -0.25) is 4.79 Å². The molecule has 0 aliphatic heterocycles. The minimum absolute atomic E-state index is 0.245. The Hall–Kier alpha value is -3.58. The molecule has 0 aliphatic carbocycles. The smallest absolute Gasteiger partial charge is 0.248 e. The van der Waals surface area contributed by atoms with Crippen LogP contribution in [0.2, 0.25) is 0 Å². The third-order valence-corrected chi connectivity index (χ3v) is 3.76. The van der Waals surface area contributed by atoms with Crippen molar-refractivity contribution in [3.63, 3.8) is 0 Å². The second kappa shape index (κ2) is 7.33. The molecule has 122 valence electrons. The zero-order valence-corrected chi connectivity index (χ0v) is 13.7. The summed E-state index contributed by atoms with van der Waals surface area (Å²) in [5, 5.41) is 13.8. The molecule has 0 aliphatic rings. The molecule has 0 radical (unpaired) electrons. The van der Waals surface area contributed by atoms with E-state index in [4.69, 9.17) is 10.00 Å². The first-order chi connectivity index (χ1) is 12.2. The Labute approximate surface area is 146 Å². The van der Waals surface area contributed by atoms with Crippen molar-refractivity contribution >= 4 is 28.4 Å². The lowest BCUT2D eigenvalue weighted by atomic mass is 10.1. The number of nitriles is 1. The Morgan fingerprint density at radius 1 is 1.08 bits per heavy atom. The summed E-state index contributed by atoms with van der Waals surface area (Å²) in [4.78, 5) is 12.0. The molecule has 0 atom stereocenters. The number of benzene rings is 3. The van der Waals surface area contributed by atoms with Gasteiger partial charge in [0.2, 0.25) is 5.91 Å². The van der Waals surface area contributed by atoms with Gasteiger partial charge in [0.25, 0.3) is 0 Å². The van der Waals surface area contributed by atoms with Crippen LogP contribution in [0.4, 0.5) is 5.69 Å². The molecule has 0 saturated heterocycles. The Kier molecular flexibility index (Phi) is 4.77. The fourth-order valence-corrected chi connectivity index (χ4v) is 2.50. The van der Waals surface area contributed by atoms with Crippen LogP contribution in [0.15, 0.2) is 66.7 Å². The zero-order valence-electron chi connectivity index (χ0n) is 13.7. The maximum atomic E-state index is 12.0. The normalized spacial score (nSPS) is 10.6. The molecule has 3 rings (SSSR count). The molecule has 25 heavy (non-hydrogen) atoms. The number of amides is 1. The van der Waals surface area contributed by atoms with Gasteiger partial charge in [0.05, 0.1) is 18.7 Å². The summed E-state index contributed by atoms with van der Waals surface area (Å²) in [6.07, 6.45) is 3.23. The van der Waals surface area contributed by atoms with Gasteiger partial charge in [-0.25, -0.2) is 0 Å². The largest absolute Gasteiger partial charge is 0.497 e. The van der Waals surface area contributed by atoms with E-state index in [1.807, 2.05) is 42.5 Å². The van der Waals surface area contributed by atoms with Crippen molar-refractivity contribution in [2.45, 2.75) is 0 Å². The molecule has 0 spiro atoms. The van der Waals surface area contributed by atoms with Crippen molar-refractivity contribution in [2.24, 2.45) is 0 Å². The number of methoxy groups -OCH3 is 1. The van der Waals surface area contributed by atoms with Crippen LogP contribution >= 0.6 is 0 Å². The number of ether oxygens (including phenoxy) is 1. The average Bonchev–Trinajstić information content (AvgIpc) is 2.66. The van der Waals surface area contributed by atoms with E-state index in [1.165, 1.54) is 6.08 Å². The molecule has 4 heteroatoms. The quantitative estimate of drug-likeness (QED) is 0.723. The highest BCUT2D eigenvalue weighted by molar-refractivity contribution is 6.02. The zero-order chi connectivity index (χ0) is 17.6. The van der Waals surface area contributed by atoms with E-state index in [2.05, 4.69) is 5.32 Å². The topological polar surface area (TPSA) is 62.1 Å². The Balaban J connectivity index is 1.73. The van der Waals surface area contributed by atoms with Crippen molar-refractivity contribution in [3.05, 3.63) is 77.9 Å². The van der Waals surface area contributed by atoms with Gasteiger partial charge in [-0.15, -0.1) is 0 Å². The minimum Gasteiger partial charge on any atom is -0.497 e. The third-order valence-electron chi connectivity index (χ3n) is 3.76. The molecular weight excluding hydrogens is 312 g/mol. The van der Waals surface area contributed by atoms with Crippen molar-refractivity contribution in [3.8, 4) is 11.8 Å². The van der Waals surface area contributed by atoms with Crippen LogP contribution in [0, 0.1) is 11.3 Å². The van der Waals surface area contributed by atoms with Gasteiger partial charge in [0.15, 0.2) is 0 Å². The molecule has 0 heterocycles. The lowest BCUT2D eigenvalue weighted by Crippen LogP contribution is -2.07. The van der Waals surface area contributed by atoms with Crippen molar-refractivity contribution in [1.82, 2.24) is 0 Å². The summed E-state index contributed by atoms with van der Waals surface area (Å²) >= 11 is 0. The van der Waals surface area contributed by atoms with Gasteiger partial charge in [0, 0.05) is 11.8 Å². The van der Waals surface area contributed by atoms with Crippen molar-refractivity contribution in [1.29, 1.82) is 5.26 Å². The maximum absolute atomic E-state index is 12.0. The number of hydrogen-bond donors (Lipinski definition) is 1. The van der Waals surface area contributed by atoms with Crippen molar-refractivity contribution < 1.29 is 9.53 Å². The first kappa shape index (κ1) is 16.3. The molecule has 0 saturated carbocycles. The van der Waals surface area contributed by atoms with E-state index < -0.39 is 0 Å². The fraction of sp³-hybridized carbons (Fsp3) is 0.0476. The lowest BCUT2D eigenvalue weighted by Gasteiger charge is -2.04. The highest BCUT2D eigenvalue weighted by atomic mass is 16.5. The summed E-state index contributed by atoms with van der Waals surface area (Å²) in [7, 11) is 1.64. The van der Waals surface area contributed by atoms with E-state index >= 15 is 0 Å². The highest BCUT2D eigenvalue weighted by Crippen LogP contribution is 2.22. The van der Waals surface area contributed by atoms with Gasteiger partial charge in [-0.05, 0) is 58.8 Å². The van der Waals surface area contributed by atoms with Gasteiger partial charge < -0.3 is 10.1 Å². The molecule has 0 bridgehead atoms. The number of fused-ring (bicyclic) bond motifs is 1. The predicted octanol–water partition coefficient (Wildman–Crippen LogP) is 4.37. The number of hydrogen-bond acceptors (Lipinski definition) is 3. The van der Waals surface area contributed by atoms with Crippen LogP contribution in [0.5, 0.6) is 5.75 Å². The molecule has 1 amide bonds. The first-order valence-corrected chi connectivity index (χ1v) is 7.75. The SMILES string of the molecule is COc1ccc2cc(/C=C/C(=O)Nc3cccc(C#N)c3)ccc2c1. The van der Waals surface area contributed by atoms with E-state index in [1.54, 1.807) is 37.5 Å². The lowest BCUT2D eigenvalue weighted by molar-refractivity contribution is -0.111. The summed E-state index contributed by atoms with van der Waals surface area (Å²) < 4.78 is 5.22. The van der Waals surface area contributed by atoms with E-state index in [9.17, 15) is 4.79 Å². The Morgan fingerprint density at radius 3 is 2.68 bits per heavy atom. The maximum Gasteiger partial charge on any atom is 0.248 e. The fourth-order valence-electron chi connectivity index (χ4n) is 2.50. The number of anilines is 1. The average molecular weight is 328 g/mol. The number of nitrogens with zero attached hydrogens (tertiary/aromatic N) is 1. The molecule has 0 fully saturated rings. The third kappa shape index (κ3) is 4.04. The van der Waals surface area contributed by atoms with Gasteiger partial charge in [0.1, 0.15) is 5.75 Å². The minimum atomic E-state index is -0.245. The molecule has 1 N–H and O–H groups in total. The number of carbonyl (C=O) groups is 1. The monoisotopic (exact) mass is 328 g/mol. The highest BCUT2D eigenvalue weighted by Gasteiger charge is 2.00. The standard InChI is InChI=1S/C21H16N2O2/c1-25-20-9-8-17-11-15(5-7-18(17)13-20)6-10-21(24)23-19-4-2-3-16(12-19)14-22/h2-13H,1H3,(H,23,24)/b10-6+. The summed E-state index contributed by atoms with van der Waals surface area (Å²) in [5.41, 5.74) is 2.03. The Morgan fingerprint density at radius 2 is 1.88 bits per heavy atom. The second-order valence-electron chi connectivity index (χ2n) is 5.49. The second-order valence-corrected chi connectivity index (χ2v) is 5.49. The van der Waals surface area contributed by atoms with Crippen LogP contribution in [0.25, 0.3) is 16.8 Å². The van der Waals surface area contributed by atoms with Gasteiger partial charge in [-0.2, -0.15) is 5.26 Å².